The van der Waals surface area contributed by atoms with Crippen LogP contribution in [0.5, 0.6) is 0 Å². The molecule has 0 heterocycles. The third-order valence-corrected chi connectivity index (χ3v) is 5.45. The molecule has 0 rings (SSSR count). The van der Waals surface area contributed by atoms with E-state index in [4.69, 9.17) is 4.74 Å². The Morgan fingerprint density at radius 2 is 1.22 bits per heavy atom. The molecule has 0 fully saturated rings. The van der Waals surface area contributed by atoms with Crippen molar-refractivity contribution in [1.29, 1.82) is 0 Å². The van der Waals surface area contributed by atoms with Crippen molar-refractivity contribution in [3.8, 4) is 0 Å². The number of unbranched alkanes of at least 4 members (excludes halogenated alkanes) is 8. The van der Waals surface area contributed by atoms with E-state index in [0.29, 0.717) is 6.42 Å². The first-order chi connectivity index (χ1) is 11.1. The molecule has 3 nitrogen and oxygen atoms in total. The lowest BCUT2D eigenvalue weighted by atomic mass is 10.1. The van der Waals surface area contributed by atoms with Gasteiger partial charge in [-0.3, -0.25) is 9.28 Å². The molecule has 0 aliphatic heterocycles. The molecule has 0 spiro atoms. The predicted octanol–water partition coefficient (Wildman–Crippen LogP) is 5.67. The summed E-state index contributed by atoms with van der Waals surface area (Å²) < 4.78 is 6.56. The van der Waals surface area contributed by atoms with Crippen LogP contribution in [0.1, 0.15) is 98.8 Å². The van der Waals surface area contributed by atoms with Crippen LogP contribution in [-0.2, 0) is 9.53 Å². The van der Waals surface area contributed by atoms with Crippen molar-refractivity contribution < 1.29 is 14.0 Å². The number of esters is 1. The minimum atomic E-state index is -0.0268. The highest BCUT2D eigenvalue weighted by atomic mass is 16.6. The lowest BCUT2D eigenvalue weighted by Gasteiger charge is -2.40. The number of hydrogen-bond donors (Lipinski definition) is 0. The van der Waals surface area contributed by atoms with Crippen LogP contribution in [0.3, 0.4) is 0 Å². The number of carbonyl (C=O) groups excluding carboxylic acids is 1. The number of rotatable bonds is 15. The van der Waals surface area contributed by atoms with Crippen molar-refractivity contribution in [2.75, 3.05) is 19.6 Å². The highest BCUT2D eigenvalue weighted by Gasteiger charge is 2.31. The molecule has 1 unspecified atom stereocenters. The van der Waals surface area contributed by atoms with Gasteiger partial charge >= 0.3 is 5.97 Å². The van der Waals surface area contributed by atoms with Crippen LogP contribution < -0.4 is 0 Å². The summed E-state index contributed by atoms with van der Waals surface area (Å²) >= 11 is 0. The monoisotopic (exact) mass is 328 g/mol. The van der Waals surface area contributed by atoms with Crippen molar-refractivity contribution in [3.63, 3.8) is 0 Å². The molecule has 0 aromatic rings. The van der Waals surface area contributed by atoms with Gasteiger partial charge in [0.05, 0.1) is 19.6 Å². The zero-order chi connectivity index (χ0) is 17.6. The highest BCUT2D eigenvalue weighted by molar-refractivity contribution is 5.69. The molecule has 0 saturated carbocycles. The summed E-state index contributed by atoms with van der Waals surface area (Å²) in [4.78, 5) is 12.0. The molecule has 3 heteroatoms. The van der Waals surface area contributed by atoms with E-state index in [1.54, 1.807) is 0 Å². The lowest BCUT2D eigenvalue weighted by Crippen LogP contribution is -2.55. The van der Waals surface area contributed by atoms with E-state index < -0.39 is 0 Å². The molecular formula is C20H42NO2+. The zero-order valence-corrected chi connectivity index (χ0v) is 16.5. The van der Waals surface area contributed by atoms with Gasteiger partial charge in [0.2, 0.25) is 6.23 Å². The van der Waals surface area contributed by atoms with Crippen molar-refractivity contribution in [1.82, 2.24) is 0 Å². The lowest BCUT2D eigenvalue weighted by molar-refractivity contribution is -0.963. The smallest absolute Gasteiger partial charge is 0.310 e. The van der Waals surface area contributed by atoms with E-state index in [2.05, 4.69) is 27.7 Å². The summed E-state index contributed by atoms with van der Waals surface area (Å²) in [6.07, 6.45) is 12.1. The number of hydrogen-bond acceptors (Lipinski definition) is 2. The van der Waals surface area contributed by atoms with Gasteiger partial charge in [-0.1, -0.05) is 58.3 Å². The van der Waals surface area contributed by atoms with Crippen molar-refractivity contribution >= 4 is 5.97 Å². The first-order valence-electron chi connectivity index (χ1n) is 10.1. The van der Waals surface area contributed by atoms with Crippen LogP contribution >= 0.6 is 0 Å². The van der Waals surface area contributed by atoms with E-state index >= 15 is 0 Å². The first-order valence-corrected chi connectivity index (χ1v) is 10.1. The zero-order valence-electron chi connectivity index (χ0n) is 16.5. The van der Waals surface area contributed by atoms with Crippen molar-refractivity contribution in [3.05, 3.63) is 0 Å². The highest BCUT2D eigenvalue weighted by Crippen LogP contribution is 2.16. The Hall–Kier alpha value is -0.570. The van der Waals surface area contributed by atoms with Crippen LogP contribution in [0.15, 0.2) is 0 Å². The van der Waals surface area contributed by atoms with E-state index in [1.807, 2.05) is 6.92 Å². The number of nitrogens with zero attached hydrogens (tertiary/aromatic N) is 1. The predicted molar refractivity (Wildman–Crippen MR) is 99.3 cm³/mol. The molecule has 0 N–H and O–H groups in total. The van der Waals surface area contributed by atoms with Gasteiger partial charge < -0.3 is 4.74 Å². The quantitative estimate of drug-likeness (QED) is 0.167. The Morgan fingerprint density at radius 1 is 0.783 bits per heavy atom. The van der Waals surface area contributed by atoms with Gasteiger partial charge in [0.25, 0.3) is 0 Å². The van der Waals surface area contributed by atoms with E-state index in [9.17, 15) is 4.79 Å². The Morgan fingerprint density at radius 3 is 1.65 bits per heavy atom. The van der Waals surface area contributed by atoms with Crippen molar-refractivity contribution in [2.24, 2.45) is 0 Å². The second kappa shape index (κ2) is 13.8. The molecule has 0 aliphatic carbocycles. The van der Waals surface area contributed by atoms with Gasteiger partial charge in [-0.2, -0.15) is 0 Å². The van der Waals surface area contributed by atoms with E-state index in [-0.39, 0.29) is 12.2 Å². The minimum Gasteiger partial charge on any atom is -0.413 e. The molecule has 0 aromatic carbocycles. The van der Waals surface area contributed by atoms with Crippen LogP contribution in [0.2, 0.25) is 0 Å². The number of ether oxygens (including phenoxy) is 1. The average molecular weight is 329 g/mol. The molecule has 1 atom stereocenters. The maximum absolute atomic E-state index is 12.0. The van der Waals surface area contributed by atoms with Gasteiger partial charge in [0, 0.05) is 13.3 Å². The third-order valence-electron chi connectivity index (χ3n) is 5.45. The maximum Gasteiger partial charge on any atom is 0.310 e. The average Bonchev–Trinajstić information content (AvgIpc) is 2.55. The first kappa shape index (κ1) is 22.4. The second-order valence-electron chi connectivity index (χ2n) is 6.83. The van der Waals surface area contributed by atoms with Crippen molar-refractivity contribution in [2.45, 2.75) is 105 Å². The molecule has 0 amide bonds. The Labute approximate surface area is 145 Å². The van der Waals surface area contributed by atoms with E-state index in [1.165, 1.54) is 44.9 Å². The molecule has 23 heavy (non-hydrogen) atoms. The molecular weight excluding hydrogens is 286 g/mol. The normalized spacial score (nSPS) is 13.1. The fourth-order valence-electron chi connectivity index (χ4n) is 3.38. The third kappa shape index (κ3) is 9.34. The van der Waals surface area contributed by atoms with Gasteiger partial charge in [-0.05, 0) is 27.2 Å². The summed E-state index contributed by atoms with van der Waals surface area (Å²) in [7, 11) is 0. The van der Waals surface area contributed by atoms with Crippen LogP contribution in [0.25, 0.3) is 0 Å². The van der Waals surface area contributed by atoms with Crippen LogP contribution in [-0.4, -0.2) is 36.3 Å². The Bertz CT molecular complexity index is 279. The fourth-order valence-corrected chi connectivity index (χ4v) is 3.38. The van der Waals surface area contributed by atoms with Gasteiger partial charge in [-0.15, -0.1) is 0 Å². The SMILES string of the molecule is CCCCCCCCCCCC(=O)OC(C)[N+](CC)(CC)CC. The Kier molecular flexibility index (Phi) is 13.5. The topological polar surface area (TPSA) is 26.3 Å². The molecule has 0 aliphatic rings. The van der Waals surface area contributed by atoms with Gasteiger partial charge in [0.1, 0.15) is 0 Å². The number of quaternary nitrogens is 1. The maximum atomic E-state index is 12.0. The molecule has 0 saturated heterocycles. The summed E-state index contributed by atoms with van der Waals surface area (Å²) in [6.45, 7) is 13.9. The second-order valence-corrected chi connectivity index (χ2v) is 6.83. The van der Waals surface area contributed by atoms with E-state index in [0.717, 1.165) is 37.0 Å². The summed E-state index contributed by atoms with van der Waals surface area (Å²) in [5, 5.41) is 0. The number of carbonyl (C=O) groups is 1. The summed E-state index contributed by atoms with van der Waals surface area (Å²) in [5.74, 6) is -0.0155. The molecule has 0 bridgehead atoms. The largest absolute Gasteiger partial charge is 0.413 e. The minimum absolute atomic E-state index is 0.0155. The standard InChI is InChI=1S/C20H42NO2/c1-6-10-11-12-13-14-15-16-17-18-20(22)23-19(5)21(7-2,8-3)9-4/h19H,6-18H2,1-5H3/q+1. The molecule has 0 aromatic heterocycles. The molecule has 138 valence electrons. The summed E-state index contributed by atoms with van der Waals surface area (Å²) in [5.41, 5.74) is 0. The Balaban J connectivity index is 3.75. The van der Waals surface area contributed by atoms with Crippen LogP contribution in [0.4, 0.5) is 0 Å². The van der Waals surface area contributed by atoms with Gasteiger partial charge in [0.15, 0.2) is 0 Å². The van der Waals surface area contributed by atoms with Gasteiger partial charge in [-0.25, -0.2) is 0 Å². The molecule has 0 radical (unpaired) electrons. The fraction of sp³-hybridized carbons (Fsp3) is 0.950. The summed E-state index contributed by atoms with van der Waals surface area (Å²) in [6, 6.07) is 0. The van der Waals surface area contributed by atoms with Crippen LogP contribution in [0, 0.1) is 0 Å².